The molecule has 0 spiro atoms. The van der Waals surface area contributed by atoms with Crippen LogP contribution < -0.4 is 11.5 Å². The molecule has 0 aliphatic heterocycles. The maximum Gasteiger partial charge on any atom is 0.0346 e. The van der Waals surface area contributed by atoms with E-state index in [2.05, 4.69) is 69.3 Å². The van der Waals surface area contributed by atoms with Crippen molar-refractivity contribution in [3.63, 3.8) is 0 Å². The van der Waals surface area contributed by atoms with Crippen molar-refractivity contribution < 1.29 is 0 Å². The van der Waals surface area contributed by atoms with E-state index >= 15 is 0 Å². The molecule has 0 aliphatic rings. The highest BCUT2D eigenvalue weighted by Crippen LogP contribution is 2.34. The van der Waals surface area contributed by atoms with Crippen LogP contribution in [-0.4, -0.2) is 0 Å². The normalized spacial score (nSPS) is 12.1. The molecule has 3 aromatic rings. The molecule has 0 bridgehead atoms. The van der Waals surface area contributed by atoms with Crippen LogP contribution >= 0.6 is 0 Å². The lowest BCUT2D eigenvalue weighted by atomic mass is 9.83. The standard InChI is InChI=1S/C23H26N2/c1-4-17-14-20(10-12-22(17)25)23(18-7-5-15(2)6-8-18)19-9-11-21(24)16(3)13-19/h5-14,23H,4,24-25H2,1-3H3. The van der Waals surface area contributed by atoms with Gasteiger partial charge in [-0.2, -0.15) is 0 Å². The lowest BCUT2D eigenvalue weighted by molar-refractivity contribution is 0.965. The summed E-state index contributed by atoms with van der Waals surface area (Å²) >= 11 is 0. The van der Waals surface area contributed by atoms with E-state index in [4.69, 9.17) is 11.5 Å². The van der Waals surface area contributed by atoms with Crippen molar-refractivity contribution in [2.45, 2.75) is 33.1 Å². The second kappa shape index (κ2) is 7.02. The first-order valence-electron chi connectivity index (χ1n) is 8.80. The van der Waals surface area contributed by atoms with Gasteiger partial charge in [-0.25, -0.2) is 0 Å². The second-order valence-corrected chi connectivity index (χ2v) is 6.77. The number of anilines is 2. The minimum absolute atomic E-state index is 0.172. The summed E-state index contributed by atoms with van der Waals surface area (Å²) in [6.07, 6.45) is 0.932. The zero-order valence-corrected chi connectivity index (χ0v) is 15.2. The van der Waals surface area contributed by atoms with Crippen molar-refractivity contribution in [1.29, 1.82) is 0 Å². The molecule has 25 heavy (non-hydrogen) atoms. The molecule has 4 N–H and O–H groups in total. The van der Waals surface area contributed by atoms with Gasteiger partial charge < -0.3 is 11.5 Å². The van der Waals surface area contributed by atoms with E-state index in [1.165, 1.54) is 27.8 Å². The quantitative estimate of drug-likeness (QED) is 0.509. The third kappa shape index (κ3) is 3.53. The number of nitrogens with two attached hydrogens (primary N) is 2. The smallest absolute Gasteiger partial charge is 0.0346 e. The fraction of sp³-hybridized carbons (Fsp3) is 0.217. The summed E-state index contributed by atoms with van der Waals surface area (Å²) in [5.41, 5.74) is 21.2. The Balaban J connectivity index is 2.17. The van der Waals surface area contributed by atoms with Gasteiger partial charge in [0.1, 0.15) is 0 Å². The van der Waals surface area contributed by atoms with Gasteiger partial charge in [0.25, 0.3) is 0 Å². The number of aryl methyl sites for hydroxylation is 3. The van der Waals surface area contributed by atoms with E-state index in [1.807, 2.05) is 12.1 Å². The molecule has 0 amide bonds. The average molecular weight is 330 g/mol. The van der Waals surface area contributed by atoms with E-state index in [-0.39, 0.29) is 5.92 Å². The molecule has 1 unspecified atom stereocenters. The molecule has 1 atom stereocenters. The Bertz CT molecular complexity index is 879. The van der Waals surface area contributed by atoms with Crippen molar-refractivity contribution in [2.75, 3.05) is 11.5 Å². The van der Waals surface area contributed by atoms with Gasteiger partial charge in [0.2, 0.25) is 0 Å². The Morgan fingerprint density at radius 2 is 1.28 bits per heavy atom. The number of nitrogen functional groups attached to an aromatic ring is 2. The molecule has 2 nitrogen and oxygen atoms in total. The lowest BCUT2D eigenvalue weighted by Crippen LogP contribution is -2.06. The molecule has 3 aromatic carbocycles. The molecule has 0 fully saturated rings. The summed E-state index contributed by atoms with van der Waals surface area (Å²) in [6, 6.07) is 21.5. The summed E-state index contributed by atoms with van der Waals surface area (Å²) in [5.74, 6) is 0.172. The summed E-state index contributed by atoms with van der Waals surface area (Å²) in [4.78, 5) is 0. The highest BCUT2D eigenvalue weighted by atomic mass is 14.6. The van der Waals surface area contributed by atoms with Gasteiger partial charge in [-0.15, -0.1) is 0 Å². The lowest BCUT2D eigenvalue weighted by Gasteiger charge is -2.21. The average Bonchev–Trinajstić information content (AvgIpc) is 2.61. The Morgan fingerprint density at radius 1 is 0.720 bits per heavy atom. The maximum atomic E-state index is 6.12. The molecule has 0 saturated heterocycles. The topological polar surface area (TPSA) is 52.0 Å². The minimum atomic E-state index is 0.172. The van der Waals surface area contributed by atoms with Gasteiger partial charge in [0.05, 0.1) is 0 Å². The van der Waals surface area contributed by atoms with E-state index in [1.54, 1.807) is 0 Å². The van der Waals surface area contributed by atoms with Crippen molar-refractivity contribution in [2.24, 2.45) is 0 Å². The monoisotopic (exact) mass is 330 g/mol. The van der Waals surface area contributed by atoms with E-state index < -0.39 is 0 Å². The predicted molar refractivity (Wildman–Crippen MR) is 108 cm³/mol. The molecule has 0 aromatic heterocycles. The zero-order valence-electron chi connectivity index (χ0n) is 15.2. The van der Waals surface area contributed by atoms with Gasteiger partial charge in [0.15, 0.2) is 0 Å². The Labute approximate surface area is 150 Å². The number of hydrogen-bond donors (Lipinski definition) is 2. The summed E-state index contributed by atoms with van der Waals surface area (Å²) in [6.45, 7) is 6.32. The van der Waals surface area contributed by atoms with Crippen LogP contribution in [-0.2, 0) is 6.42 Å². The van der Waals surface area contributed by atoms with E-state index in [0.717, 1.165) is 23.4 Å². The van der Waals surface area contributed by atoms with Crippen molar-refractivity contribution in [3.8, 4) is 0 Å². The molecule has 3 rings (SSSR count). The Kier molecular flexibility index (Phi) is 4.80. The molecule has 0 heterocycles. The van der Waals surface area contributed by atoms with E-state index in [9.17, 15) is 0 Å². The summed E-state index contributed by atoms with van der Waals surface area (Å²) in [5, 5.41) is 0. The number of hydrogen-bond acceptors (Lipinski definition) is 2. The number of benzene rings is 3. The van der Waals surface area contributed by atoms with Crippen molar-refractivity contribution in [1.82, 2.24) is 0 Å². The van der Waals surface area contributed by atoms with Crippen LogP contribution in [0.4, 0.5) is 11.4 Å². The third-order valence-electron chi connectivity index (χ3n) is 4.92. The molecule has 0 saturated carbocycles. The summed E-state index contributed by atoms with van der Waals surface area (Å²) < 4.78 is 0. The van der Waals surface area contributed by atoms with Crippen LogP contribution in [0.2, 0.25) is 0 Å². The zero-order chi connectivity index (χ0) is 18.0. The Morgan fingerprint density at radius 3 is 1.88 bits per heavy atom. The van der Waals surface area contributed by atoms with Crippen molar-refractivity contribution in [3.05, 3.63) is 94.0 Å². The fourth-order valence-corrected chi connectivity index (χ4v) is 3.33. The van der Waals surface area contributed by atoms with Crippen LogP contribution in [0, 0.1) is 13.8 Å². The van der Waals surface area contributed by atoms with Gasteiger partial charge in [0, 0.05) is 17.3 Å². The van der Waals surface area contributed by atoms with Crippen LogP contribution in [0.5, 0.6) is 0 Å². The first-order valence-corrected chi connectivity index (χ1v) is 8.80. The predicted octanol–water partition coefficient (Wildman–Crippen LogP) is 5.21. The fourth-order valence-electron chi connectivity index (χ4n) is 3.33. The molecule has 0 aliphatic carbocycles. The van der Waals surface area contributed by atoms with Crippen LogP contribution in [0.3, 0.4) is 0 Å². The molecule has 2 heteroatoms. The SMILES string of the molecule is CCc1cc(C(c2ccc(C)cc2)c2ccc(N)c(C)c2)ccc1N. The molecular weight excluding hydrogens is 304 g/mol. The largest absolute Gasteiger partial charge is 0.399 e. The second-order valence-electron chi connectivity index (χ2n) is 6.77. The third-order valence-corrected chi connectivity index (χ3v) is 4.92. The van der Waals surface area contributed by atoms with Crippen LogP contribution in [0.15, 0.2) is 60.7 Å². The first-order chi connectivity index (χ1) is 12.0. The van der Waals surface area contributed by atoms with Gasteiger partial charge >= 0.3 is 0 Å². The van der Waals surface area contributed by atoms with Crippen LogP contribution in [0.1, 0.15) is 46.2 Å². The van der Waals surface area contributed by atoms with Gasteiger partial charge in [-0.1, -0.05) is 61.0 Å². The highest BCUT2D eigenvalue weighted by Gasteiger charge is 2.18. The van der Waals surface area contributed by atoms with E-state index in [0.29, 0.717) is 0 Å². The van der Waals surface area contributed by atoms with Gasteiger partial charge in [-0.05, 0) is 60.2 Å². The molecular formula is C23H26N2. The maximum absolute atomic E-state index is 6.12. The summed E-state index contributed by atoms with van der Waals surface area (Å²) in [7, 11) is 0. The minimum Gasteiger partial charge on any atom is -0.399 e. The first kappa shape index (κ1) is 17.1. The van der Waals surface area contributed by atoms with Crippen LogP contribution in [0.25, 0.3) is 0 Å². The molecule has 0 radical (unpaired) electrons. The van der Waals surface area contributed by atoms with Crippen molar-refractivity contribution >= 4 is 11.4 Å². The Hall–Kier alpha value is -2.74. The highest BCUT2D eigenvalue weighted by molar-refractivity contribution is 5.55. The molecule has 128 valence electrons. The number of rotatable bonds is 4. The van der Waals surface area contributed by atoms with Gasteiger partial charge in [-0.3, -0.25) is 0 Å².